The van der Waals surface area contributed by atoms with E-state index >= 15 is 0 Å². The van der Waals surface area contributed by atoms with Gasteiger partial charge in [-0.3, -0.25) is 13.9 Å². The Balaban J connectivity index is 1.57. The number of nitrogens with one attached hydrogen (secondary N) is 1. The summed E-state index contributed by atoms with van der Waals surface area (Å²) in [6.07, 6.45) is 4.08. The number of rotatable bonds is 14. The Hall–Kier alpha value is -4.54. The zero-order chi connectivity index (χ0) is 34.1. The Morgan fingerprint density at radius 2 is 1.44 bits per heavy atom. The molecule has 0 unspecified atom stereocenters. The Labute approximate surface area is 287 Å². The fourth-order valence-corrected chi connectivity index (χ4v) is 7.50. The van der Waals surface area contributed by atoms with Crippen molar-refractivity contribution in [1.82, 2.24) is 10.2 Å². The second-order valence-corrected chi connectivity index (χ2v) is 14.0. The van der Waals surface area contributed by atoms with Crippen LogP contribution < -0.4 is 19.1 Å². The molecule has 0 heterocycles. The molecule has 0 bridgehead atoms. The van der Waals surface area contributed by atoms with Gasteiger partial charge in [-0.2, -0.15) is 0 Å². The molecule has 11 heteroatoms. The molecule has 1 N–H and O–H groups in total. The van der Waals surface area contributed by atoms with Crippen molar-refractivity contribution in [2.24, 2.45) is 0 Å². The third kappa shape index (κ3) is 8.48. The summed E-state index contributed by atoms with van der Waals surface area (Å²) >= 11 is 6.17. The third-order valence-corrected chi connectivity index (χ3v) is 10.5. The maximum atomic E-state index is 14.6. The van der Waals surface area contributed by atoms with Crippen molar-refractivity contribution in [1.29, 1.82) is 0 Å². The van der Waals surface area contributed by atoms with Gasteiger partial charge in [-0.25, -0.2) is 8.42 Å². The van der Waals surface area contributed by atoms with Crippen molar-refractivity contribution in [3.63, 3.8) is 0 Å². The van der Waals surface area contributed by atoms with E-state index in [0.29, 0.717) is 10.8 Å². The summed E-state index contributed by atoms with van der Waals surface area (Å²) in [6.45, 7) is -0.479. The van der Waals surface area contributed by atoms with Gasteiger partial charge in [0.25, 0.3) is 10.0 Å². The highest BCUT2D eigenvalue weighted by Gasteiger charge is 2.36. The largest absolute Gasteiger partial charge is 0.493 e. The van der Waals surface area contributed by atoms with Crippen molar-refractivity contribution >= 4 is 39.1 Å². The van der Waals surface area contributed by atoms with Crippen LogP contribution in [0.2, 0.25) is 5.02 Å². The minimum Gasteiger partial charge on any atom is -0.493 e. The van der Waals surface area contributed by atoms with Gasteiger partial charge in [-0.1, -0.05) is 85.1 Å². The van der Waals surface area contributed by atoms with E-state index in [1.165, 1.54) is 37.3 Å². The molecule has 1 atom stereocenters. The Morgan fingerprint density at radius 3 is 2.04 bits per heavy atom. The molecule has 4 aromatic rings. The summed E-state index contributed by atoms with van der Waals surface area (Å²) < 4.78 is 40.5. The molecule has 0 aromatic heterocycles. The van der Waals surface area contributed by atoms with Gasteiger partial charge in [0.1, 0.15) is 12.6 Å². The van der Waals surface area contributed by atoms with Gasteiger partial charge in [0.15, 0.2) is 11.5 Å². The monoisotopic (exact) mass is 689 g/mol. The second kappa shape index (κ2) is 16.0. The molecular formula is C37H40ClN3O6S. The van der Waals surface area contributed by atoms with Crippen molar-refractivity contribution < 1.29 is 27.5 Å². The molecule has 0 spiro atoms. The number of carbonyl (C=O) groups excluding carboxylic acids is 2. The van der Waals surface area contributed by atoms with Crippen molar-refractivity contribution in [2.75, 3.05) is 25.1 Å². The molecule has 9 nitrogen and oxygen atoms in total. The zero-order valence-corrected chi connectivity index (χ0v) is 28.6. The summed E-state index contributed by atoms with van der Waals surface area (Å²) in [6, 6.07) is 28.5. The van der Waals surface area contributed by atoms with E-state index < -0.39 is 28.5 Å². The van der Waals surface area contributed by atoms with Crippen LogP contribution in [0.25, 0.3) is 0 Å². The van der Waals surface area contributed by atoms with Gasteiger partial charge in [0.05, 0.1) is 24.8 Å². The summed E-state index contributed by atoms with van der Waals surface area (Å²) in [4.78, 5) is 30.1. The lowest BCUT2D eigenvalue weighted by atomic mass is 10.0. The number of halogens is 1. The van der Waals surface area contributed by atoms with Crippen LogP contribution in [-0.4, -0.2) is 58.0 Å². The maximum Gasteiger partial charge on any atom is 0.264 e. The number of sulfonamides is 1. The molecule has 0 saturated heterocycles. The van der Waals surface area contributed by atoms with E-state index in [-0.39, 0.29) is 41.2 Å². The van der Waals surface area contributed by atoms with Gasteiger partial charge in [-0.15, -0.1) is 0 Å². The minimum absolute atomic E-state index is 0.0282. The lowest BCUT2D eigenvalue weighted by Crippen LogP contribution is -2.54. The SMILES string of the molecule is COc1ccc(S(=O)(=O)N(CC(=O)N(Cc2ccccc2)[C@H](Cc2ccccc2)C(=O)NC2CCCC2)c2ccc(Cl)cc2)cc1OC. The number of amides is 2. The van der Waals surface area contributed by atoms with Gasteiger partial charge >= 0.3 is 0 Å². The van der Waals surface area contributed by atoms with Crippen LogP contribution in [0.1, 0.15) is 36.8 Å². The van der Waals surface area contributed by atoms with Crippen LogP contribution in [0.15, 0.2) is 108 Å². The van der Waals surface area contributed by atoms with Crippen molar-refractivity contribution in [3.8, 4) is 11.5 Å². The van der Waals surface area contributed by atoms with Crippen LogP contribution in [0.4, 0.5) is 5.69 Å². The van der Waals surface area contributed by atoms with Gasteiger partial charge < -0.3 is 19.7 Å². The molecule has 1 aliphatic rings. The first kappa shape index (κ1) is 34.8. The summed E-state index contributed by atoms with van der Waals surface area (Å²) in [5, 5.41) is 3.59. The van der Waals surface area contributed by atoms with E-state index in [1.807, 2.05) is 60.7 Å². The van der Waals surface area contributed by atoms with E-state index in [1.54, 1.807) is 24.3 Å². The molecule has 1 fully saturated rings. The van der Waals surface area contributed by atoms with Crippen LogP contribution in [0.3, 0.4) is 0 Å². The summed E-state index contributed by atoms with van der Waals surface area (Å²) in [5.41, 5.74) is 1.91. The number of carbonyl (C=O) groups is 2. The molecule has 4 aromatic carbocycles. The van der Waals surface area contributed by atoms with Crippen LogP contribution >= 0.6 is 11.6 Å². The number of ether oxygens (including phenoxy) is 2. The number of anilines is 1. The second-order valence-electron chi connectivity index (χ2n) is 11.7. The number of hydrogen-bond donors (Lipinski definition) is 1. The van der Waals surface area contributed by atoms with E-state index in [4.69, 9.17) is 21.1 Å². The number of hydrogen-bond acceptors (Lipinski definition) is 6. The number of benzene rings is 4. The van der Waals surface area contributed by atoms with E-state index in [9.17, 15) is 18.0 Å². The fourth-order valence-electron chi connectivity index (χ4n) is 5.94. The van der Waals surface area contributed by atoms with Crippen LogP contribution in [0.5, 0.6) is 11.5 Å². The lowest BCUT2D eigenvalue weighted by Gasteiger charge is -2.34. The molecule has 5 rings (SSSR count). The molecule has 2 amide bonds. The van der Waals surface area contributed by atoms with Crippen molar-refractivity contribution in [3.05, 3.63) is 119 Å². The predicted molar refractivity (Wildman–Crippen MR) is 187 cm³/mol. The quantitative estimate of drug-likeness (QED) is 0.168. The normalized spacial score (nSPS) is 13.8. The van der Waals surface area contributed by atoms with Gasteiger partial charge in [-0.05, 0) is 60.4 Å². The first-order valence-electron chi connectivity index (χ1n) is 15.9. The highest BCUT2D eigenvalue weighted by atomic mass is 35.5. The van der Waals surface area contributed by atoms with Gasteiger partial charge in [0.2, 0.25) is 11.8 Å². The fraction of sp³-hybridized carbons (Fsp3) is 0.297. The van der Waals surface area contributed by atoms with Crippen LogP contribution in [0, 0.1) is 0 Å². The minimum atomic E-state index is -4.34. The molecule has 0 radical (unpaired) electrons. The Kier molecular flexibility index (Phi) is 11.6. The van der Waals surface area contributed by atoms with Gasteiger partial charge in [0, 0.05) is 30.1 Å². The van der Waals surface area contributed by atoms with Crippen LogP contribution in [-0.2, 0) is 32.6 Å². The molecule has 1 aliphatic carbocycles. The number of methoxy groups -OCH3 is 2. The average Bonchev–Trinajstić information content (AvgIpc) is 3.62. The third-order valence-electron chi connectivity index (χ3n) is 8.50. The molecular weight excluding hydrogens is 650 g/mol. The highest BCUT2D eigenvalue weighted by Crippen LogP contribution is 2.33. The Morgan fingerprint density at radius 1 is 0.833 bits per heavy atom. The summed E-state index contributed by atoms with van der Waals surface area (Å²) in [7, 11) is -1.47. The smallest absolute Gasteiger partial charge is 0.264 e. The first-order chi connectivity index (χ1) is 23.2. The lowest BCUT2D eigenvalue weighted by molar-refractivity contribution is -0.140. The Bertz CT molecular complexity index is 1780. The topological polar surface area (TPSA) is 105 Å². The molecule has 1 saturated carbocycles. The first-order valence-corrected chi connectivity index (χ1v) is 17.7. The molecule has 0 aliphatic heterocycles. The number of nitrogens with zero attached hydrogens (tertiary/aromatic N) is 2. The van der Waals surface area contributed by atoms with Crippen molar-refractivity contribution in [2.45, 2.75) is 55.6 Å². The highest BCUT2D eigenvalue weighted by molar-refractivity contribution is 7.92. The standard InChI is InChI=1S/C37H40ClN3O6S/c1-46-34-22-21-32(24-35(34)47-2)48(44,45)41(31-19-17-29(38)18-20-31)26-36(42)40(25-28-13-7-4-8-14-28)33(23-27-11-5-3-6-12-27)37(43)39-30-15-9-10-16-30/h3-8,11-14,17-22,24,30,33H,9-10,15-16,23,25-26H2,1-2H3,(H,39,43)/t33-/m1/s1. The average molecular weight is 690 g/mol. The van der Waals surface area contributed by atoms with E-state index in [0.717, 1.165) is 41.1 Å². The summed E-state index contributed by atoms with van der Waals surface area (Å²) in [5.74, 6) is -0.231. The predicted octanol–water partition coefficient (Wildman–Crippen LogP) is 6.25. The van der Waals surface area contributed by atoms with E-state index in [2.05, 4.69) is 5.32 Å². The molecule has 252 valence electrons. The zero-order valence-electron chi connectivity index (χ0n) is 27.0. The molecule has 48 heavy (non-hydrogen) atoms. The maximum absolute atomic E-state index is 14.6.